The highest BCUT2D eigenvalue weighted by molar-refractivity contribution is 9.10. The monoisotopic (exact) mass is 244 g/mol. The maximum absolute atomic E-state index is 13.4. The van der Waals surface area contributed by atoms with Crippen molar-refractivity contribution in [3.05, 3.63) is 34.1 Å². The fourth-order valence-corrected chi connectivity index (χ4v) is 2.35. The second-order valence-corrected chi connectivity index (χ2v) is 4.48. The first kappa shape index (κ1) is 9.16. The number of benzene rings is 1. The molecule has 2 unspecified atom stereocenters. The van der Waals surface area contributed by atoms with Crippen molar-refractivity contribution < 1.29 is 9.50 Å². The average molecular weight is 245 g/mol. The molecule has 1 fully saturated rings. The van der Waals surface area contributed by atoms with Crippen molar-refractivity contribution in [3.8, 4) is 0 Å². The highest BCUT2D eigenvalue weighted by Gasteiger charge is 2.53. The van der Waals surface area contributed by atoms with E-state index in [1.54, 1.807) is 12.1 Å². The molecular formula is C10H10BrFO. The smallest absolute Gasteiger partial charge is 0.130 e. The van der Waals surface area contributed by atoms with Gasteiger partial charge in [-0.1, -0.05) is 28.9 Å². The summed E-state index contributed by atoms with van der Waals surface area (Å²) in [7, 11) is 0. The molecule has 0 amide bonds. The highest BCUT2D eigenvalue weighted by atomic mass is 79.9. The Labute approximate surface area is 84.7 Å². The summed E-state index contributed by atoms with van der Waals surface area (Å²) in [5, 5.41) is 9.96. The van der Waals surface area contributed by atoms with Gasteiger partial charge in [0, 0.05) is 10.0 Å². The van der Waals surface area contributed by atoms with Gasteiger partial charge in [0.15, 0.2) is 0 Å². The predicted octanol–water partition coefficient (Wildman–Crippen LogP) is 2.82. The number of halogens is 2. The van der Waals surface area contributed by atoms with Crippen molar-refractivity contribution in [3.63, 3.8) is 0 Å². The lowest BCUT2D eigenvalue weighted by molar-refractivity contribution is 0.129. The molecule has 1 N–H and O–H groups in total. The first-order chi connectivity index (χ1) is 6.05. The van der Waals surface area contributed by atoms with Gasteiger partial charge in [0.2, 0.25) is 0 Å². The summed E-state index contributed by atoms with van der Waals surface area (Å²) in [5.74, 6) is -0.179. The molecule has 13 heavy (non-hydrogen) atoms. The summed E-state index contributed by atoms with van der Waals surface area (Å²) in [6, 6.07) is 4.75. The van der Waals surface area contributed by atoms with Gasteiger partial charge in [-0.3, -0.25) is 0 Å². The molecule has 2 rings (SSSR count). The normalized spacial score (nSPS) is 31.8. The van der Waals surface area contributed by atoms with Crippen LogP contribution >= 0.6 is 15.9 Å². The SMILES string of the molecule is CC1CC1(O)c1c(F)cccc1Br. The van der Waals surface area contributed by atoms with Gasteiger partial charge in [-0.25, -0.2) is 4.39 Å². The molecule has 1 aliphatic carbocycles. The van der Waals surface area contributed by atoms with Crippen molar-refractivity contribution >= 4 is 15.9 Å². The van der Waals surface area contributed by atoms with E-state index in [-0.39, 0.29) is 11.7 Å². The summed E-state index contributed by atoms with van der Waals surface area (Å²) in [4.78, 5) is 0. The van der Waals surface area contributed by atoms with Gasteiger partial charge in [0.1, 0.15) is 5.82 Å². The van der Waals surface area contributed by atoms with Gasteiger partial charge in [-0.05, 0) is 24.5 Å². The van der Waals surface area contributed by atoms with Crippen LogP contribution in [0.4, 0.5) is 4.39 Å². The Kier molecular flexibility index (Phi) is 1.96. The molecule has 1 aromatic carbocycles. The quantitative estimate of drug-likeness (QED) is 0.806. The number of hydrogen-bond acceptors (Lipinski definition) is 1. The minimum Gasteiger partial charge on any atom is -0.385 e. The van der Waals surface area contributed by atoms with E-state index in [0.29, 0.717) is 16.5 Å². The van der Waals surface area contributed by atoms with Gasteiger partial charge < -0.3 is 5.11 Å². The average Bonchev–Trinajstić information content (AvgIpc) is 2.59. The van der Waals surface area contributed by atoms with Crippen LogP contribution < -0.4 is 0 Å². The van der Waals surface area contributed by atoms with Gasteiger partial charge in [-0.15, -0.1) is 0 Å². The van der Waals surface area contributed by atoms with Crippen molar-refractivity contribution in [2.45, 2.75) is 18.9 Å². The van der Waals surface area contributed by atoms with E-state index in [1.807, 2.05) is 6.92 Å². The van der Waals surface area contributed by atoms with Gasteiger partial charge >= 0.3 is 0 Å². The zero-order valence-electron chi connectivity index (χ0n) is 7.22. The number of rotatable bonds is 1. The summed E-state index contributed by atoms with van der Waals surface area (Å²) in [5.41, 5.74) is -0.535. The molecule has 0 aliphatic heterocycles. The van der Waals surface area contributed by atoms with Gasteiger partial charge in [-0.2, -0.15) is 0 Å². The molecular weight excluding hydrogens is 235 g/mol. The fourth-order valence-electron chi connectivity index (χ4n) is 1.67. The Morgan fingerprint density at radius 1 is 1.62 bits per heavy atom. The zero-order valence-corrected chi connectivity index (χ0v) is 8.81. The van der Waals surface area contributed by atoms with Crippen LogP contribution in [0.2, 0.25) is 0 Å². The van der Waals surface area contributed by atoms with E-state index in [9.17, 15) is 9.50 Å². The van der Waals surface area contributed by atoms with Crippen molar-refractivity contribution in [2.75, 3.05) is 0 Å². The Hall–Kier alpha value is -0.410. The first-order valence-corrected chi connectivity index (χ1v) is 5.02. The van der Waals surface area contributed by atoms with Crippen LogP contribution in [0.15, 0.2) is 22.7 Å². The fraction of sp³-hybridized carbons (Fsp3) is 0.400. The number of hydrogen-bond donors (Lipinski definition) is 1. The zero-order chi connectivity index (χ0) is 9.64. The third-order valence-corrected chi connectivity index (χ3v) is 3.33. The van der Waals surface area contributed by atoms with Crippen molar-refractivity contribution in [1.29, 1.82) is 0 Å². The molecule has 1 aliphatic rings. The van der Waals surface area contributed by atoms with E-state index in [1.165, 1.54) is 6.07 Å². The van der Waals surface area contributed by atoms with Crippen LogP contribution in [0, 0.1) is 11.7 Å². The summed E-state index contributed by atoms with van der Waals surface area (Å²) in [6.45, 7) is 1.92. The standard InChI is InChI=1S/C10H10BrFO/c1-6-5-10(6,13)9-7(11)3-2-4-8(9)12/h2-4,6,13H,5H2,1H3. The summed E-state index contributed by atoms with van der Waals surface area (Å²) >= 11 is 3.25. The molecule has 3 heteroatoms. The Bertz CT molecular complexity index is 333. The summed E-state index contributed by atoms with van der Waals surface area (Å²) in [6.07, 6.45) is 0.645. The van der Waals surface area contributed by atoms with Gasteiger partial charge in [0.25, 0.3) is 0 Å². The van der Waals surface area contributed by atoms with E-state index in [0.717, 1.165) is 0 Å². The Morgan fingerprint density at radius 2 is 2.23 bits per heavy atom. The van der Waals surface area contributed by atoms with Crippen LogP contribution in [-0.4, -0.2) is 5.11 Å². The van der Waals surface area contributed by atoms with Crippen LogP contribution in [-0.2, 0) is 5.60 Å². The highest BCUT2D eigenvalue weighted by Crippen LogP contribution is 2.54. The Morgan fingerprint density at radius 3 is 2.69 bits per heavy atom. The second kappa shape index (κ2) is 2.79. The van der Waals surface area contributed by atoms with Crippen LogP contribution in [0.3, 0.4) is 0 Å². The third-order valence-electron chi connectivity index (χ3n) is 2.67. The van der Waals surface area contributed by atoms with Crippen LogP contribution in [0.1, 0.15) is 18.9 Å². The molecule has 0 radical (unpaired) electrons. The van der Waals surface area contributed by atoms with Crippen LogP contribution in [0.25, 0.3) is 0 Å². The topological polar surface area (TPSA) is 20.2 Å². The van der Waals surface area contributed by atoms with Gasteiger partial charge in [0.05, 0.1) is 5.60 Å². The molecule has 0 spiro atoms. The van der Waals surface area contributed by atoms with Crippen LogP contribution in [0.5, 0.6) is 0 Å². The maximum Gasteiger partial charge on any atom is 0.130 e. The first-order valence-electron chi connectivity index (χ1n) is 4.22. The minimum atomic E-state index is -0.940. The largest absolute Gasteiger partial charge is 0.385 e. The predicted molar refractivity (Wildman–Crippen MR) is 51.8 cm³/mol. The molecule has 70 valence electrons. The molecule has 0 bridgehead atoms. The lowest BCUT2D eigenvalue weighted by atomic mass is 10.1. The molecule has 1 saturated carbocycles. The van der Waals surface area contributed by atoms with E-state index in [2.05, 4.69) is 15.9 Å². The third kappa shape index (κ3) is 1.30. The number of aliphatic hydroxyl groups is 1. The summed E-state index contributed by atoms with van der Waals surface area (Å²) < 4.78 is 14.0. The maximum atomic E-state index is 13.4. The molecule has 0 heterocycles. The molecule has 2 atom stereocenters. The lowest BCUT2D eigenvalue weighted by Crippen LogP contribution is -2.11. The molecule has 0 aromatic heterocycles. The van der Waals surface area contributed by atoms with E-state index in [4.69, 9.17) is 0 Å². The van der Waals surface area contributed by atoms with Crippen molar-refractivity contribution in [1.82, 2.24) is 0 Å². The van der Waals surface area contributed by atoms with E-state index >= 15 is 0 Å². The molecule has 1 aromatic rings. The van der Waals surface area contributed by atoms with E-state index < -0.39 is 5.60 Å². The minimum absolute atomic E-state index is 0.153. The lowest BCUT2D eigenvalue weighted by Gasteiger charge is -2.12. The Balaban J connectivity index is 2.52. The molecule has 0 saturated heterocycles. The van der Waals surface area contributed by atoms with Crippen molar-refractivity contribution in [2.24, 2.45) is 5.92 Å². The second-order valence-electron chi connectivity index (χ2n) is 3.63. The molecule has 1 nitrogen and oxygen atoms in total.